The number of fused-ring (bicyclic) bond motifs is 1. The number of nitrogens with one attached hydrogen (secondary N) is 1. The molecule has 1 amide bonds. The van der Waals surface area contributed by atoms with Crippen molar-refractivity contribution in [2.24, 2.45) is 0 Å². The van der Waals surface area contributed by atoms with Gasteiger partial charge in [0.25, 0.3) is 11.5 Å². The Morgan fingerprint density at radius 1 is 1.11 bits per heavy atom. The Hall–Kier alpha value is -3.04. The van der Waals surface area contributed by atoms with Crippen molar-refractivity contribution >= 4 is 39.8 Å². The first-order valence-electron chi connectivity index (χ1n) is 7.99. The van der Waals surface area contributed by atoms with E-state index in [-0.39, 0.29) is 5.56 Å². The first-order chi connectivity index (χ1) is 13.2. The van der Waals surface area contributed by atoms with E-state index in [1.54, 1.807) is 24.4 Å². The van der Waals surface area contributed by atoms with Crippen molar-refractivity contribution in [1.82, 2.24) is 19.6 Å². The molecule has 0 radical (unpaired) electrons. The Balaban J connectivity index is 1.47. The Morgan fingerprint density at radius 2 is 1.93 bits per heavy atom. The van der Waals surface area contributed by atoms with Gasteiger partial charge in [0, 0.05) is 18.1 Å². The minimum absolute atomic E-state index is 0.0487. The van der Waals surface area contributed by atoms with Gasteiger partial charge in [0.15, 0.2) is 4.34 Å². The van der Waals surface area contributed by atoms with Gasteiger partial charge in [0.2, 0.25) is 5.13 Å². The van der Waals surface area contributed by atoms with Crippen LogP contribution in [-0.2, 0) is 5.75 Å². The summed E-state index contributed by atoms with van der Waals surface area (Å²) in [5, 5.41) is 11.0. The van der Waals surface area contributed by atoms with Gasteiger partial charge in [-0.15, -0.1) is 10.2 Å². The van der Waals surface area contributed by atoms with Crippen LogP contribution in [0.3, 0.4) is 0 Å². The van der Waals surface area contributed by atoms with Gasteiger partial charge in [-0.25, -0.2) is 4.98 Å². The molecule has 0 saturated carbocycles. The Bertz CT molecular complexity index is 1160. The summed E-state index contributed by atoms with van der Waals surface area (Å²) in [6, 6.07) is 15.2. The molecule has 27 heavy (non-hydrogen) atoms. The molecule has 4 rings (SSSR count). The molecular weight excluding hydrogens is 382 g/mol. The minimum atomic E-state index is -0.554. The standard InChI is InChI=1S/C18H13N5O2S2/c24-15(13-10-19-14-8-4-5-9-23(14)16(13)25)20-17-21-22-18(27-17)26-11-12-6-2-1-3-7-12/h1-10H,11H2,(H,20,21,24). The Labute approximate surface area is 162 Å². The number of aromatic nitrogens is 4. The summed E-state index contributed by atoms with van der Waals surface area (Å²) in [5.74, 6) is 0.209. The van der Waals surface area contributed by atoms with E-state index in [0.717, 1.165) is 10.1 Å². The van der Waals surface area contributed by atoms with Gasteiger partial charge >= 0.3 is 0 Å². The van der Waals surface area contributed by atoms with E-state index in [9.17, 15) is 9.59 Å². The molecule has 4 aromatic rings. The third-order valence-corrected chi connectivity index (χ3v) is 5.73. The lowest BCUT2D eigenvalue weighted by Crippen LogP contribution is -2.26. The van der Waals surface area contributed by atoms with Crippen molar-refractivity contribution in [3.8, 4) is 0 Å². The van der Waals surface area contributed by atoms with E-state index in [4.69, 9.17) is 0 Å². The number of pyridine rings is 1. The smallest absolute Gasteiger partial charge is 0.270 e. The van der Waals surface area contributed by atoms with Crippen LogP contribution in [0.2, 0.25) is 0 Å². The zero-order valence-corrected chi connectivity index (χ0v) is 15.5. The molecule has 0 atom stereocenters. The summed E-state index contributed by atoms with van der Waals surface area (Å²) >= 11 is 2.80. The fraction of sp³-hybridized carbons (Fsp3) is 0.0556. The minimum Gasteiger partial charge on any atom is -0.296 e. The summed E-state index contributed by atoms with van der Waals surface area (Å²) in [4.78, 5) is 29.0. The van der Waals surface area contributed by atoms with E-state index in [1.165, 1.54) is 39.3 Å². The molecule has 0 spiro atoms. The predicted octanol–water partition coefficient (Wildman–Crippen LogP) is 3.09. The molecule has 0 aliphatic heterocycles. The molecule has 9 heteroatoms. The largest absolute Gasteiger partial charge is 0.296 e. The first-order valence-corrected chi connectivity index (χ1v) is 9.79. The molecule has 1 aromatic carbocycles. The number of benzene rings is 1. The number of thioether (sulfide) groups is 1. The van der Waals surface area contributed by atoms with Crippen LogP contribution in [0.25, 0.3) is 5.65 Å². The van der Waals surface area contributed by atoms with Crippen LogP contribution in [0.1, 0.15) is 15.9 Å². The highest BCUT2D eigenvalue weighted by molar-refractivity contribution is 8.00. The zero-order chi connectivity index (χ0) is 18.6. The van der Waals surface area contributed by atoms with Gasteiger partial charge in [0.1, 0.15) is 11.2 Å². The number of carbonyl (C=O) groups excluding carboxylic acids is 1. The van der Waals surface area contributed by atoms with Crippen LogP contribution >= 0.6 is 23.1 Å². The number of hydrogen-bond acceptors (Lipinski definition) is 7. The quantitative estimate of drug-likeness (QED) is 0.413. The van der Waals surface area contributed by atoms with Gasteiger partial charge in [-0.05, 0) is 17.7 Å². The van der Waals surface area contributed by atoms with E-state index >= 15 is 0 Å². The summed E-state index contributed by atoms with van der Waals surface area (Å²) in [5.41, 5.74) is 1.18. The average Bonchev–Trinajstić information content (AvgIpc) is 3.15. The normalized spacial score (nSPS) is 10.8. The fourth-order valence-electron chi connectivity index (χ4n) is 2.38. The van der Waals surface area contributed by atoms with Gasteiger partial charge in [-0.2, -0.15) is 0 Å². The molecule has 0 aliphatic carbocycles. The summed E-state index contributed by atoms with van der Waals surface area (Å²) in [6.07, 6.45) is 2.85. The lowest BCUT2D eigenvalue weighted by Gasteiger charge is -2.03. The molecule has 7 nitrogen and oxygen atoms in total. The molecule has 0 aliphatic rings. The van der Waals surface area contributed by atoms with Gasteiger partial charge in [-0.3, -0.25) is 19.3 Å². The highest BCUT2D eigenvalue weighted by Gasteiger charge is 2.15. The first kappa shape index (κ1) is 17.4. The molecular formula is C18H13N5O2S2. The average molecular weight is 395 g/mol. The maximum atomic E-state index is 12.5. The molecule has 1 N–H and O–H groups in total. The van der Waals surface area contributed by atoms with Crippen molar-refractivity contribution in [2.75, 3.05) is 5.32 Å². The SMILES string of the molecule is O=C(Nc1nnc(SCc2ccccc2)s1)c1cnc2ccccn2c1=O. The molecule has 0 fully saturated rings. The second-order valence-electron chi connectivity index (χ2n) is 5.51. The molecule has 134 valence electrons. The van der Waals surface area contributed by atoms with Crippen molar-refractivity contribution in [1.29, 1.82) is 0 Å². The van der Waals surface area contributed by atoms with Crippen LogP contribution in [0.4, 0.5) is 5.13 Å². The van der Waals surface area contributed by atoms with Gasteiger partial charge < -0.3 is 0 Å². The molecule has 0 bridgehead atoms. The van der Waals surface area contributed by atoms with Crippen molar-refractivity contribution < 1.29 is 4.79 Å². The predicted molar refractivity (Wildman–Crippen MR) is 105 cm³/mol. The Kier molecular flexibility index (Phi) is 4.95. The maximum Gasteiger partial charge on any atom is 0.270 e. The van der Waals surface area contributed by atoms with E-state index < -0.39 is 11.5 Å². The number of amides is 1. The number of anilines is 1. The second kappa shape index (κ2) is 7.68. The summed E-state index contributed by atoms with van der Waals surface area (Å²) in [7, 11) is 0. The summed E-state index contributed by atoms with van der Waals surface area (Å²) < 4.78 is 2.07. The molecule has 3 heterocycles. The highest BCUT2D eigenvalue weighted by Crippen LogP contribution is 2.28. The number of rotatable bonds is 5. The monoisotopic (exact) mass is 395 g/mol. The number of carbonyl (C=O) groups is 1. The van der Waals surface area contributed by atoms with Crippen molar-refractivity contribution in [3.05, 3.63) is 82.4 Å². The second-order valence-corrected chi connectivity index (χ2v) is 7.71. The highest BCUT2D eigenvalue weighted by atomic mass is 32.2. The van der Waals surface area contributed by atoms with E-state index in [1.807, 2.05) is 30.3 Å². The summed E-state index contributed by atoms with van der Waals surface area (Å²) in [6.45, 7) is 0. The third-order valence-electron chi connectivity index (χ3n) is 3.69. The van der Waals surface area contributed by atoms with Crippen LogP contribution in [-0.4, -0.2) is 25.5 Å². The molecule has 3 aromatic heterocycles. The van der Waals surface area contributed by atoms with Gasteiger partial charge in [0.05, 0.1) is 0 Å². The number of hydrogen-bond donors (Lipinski definition) is 1. The van der Waals surface area contributed by atoms with Crippen LogP contribution < -0.4 is 10.9 Å². The number of nitrogens with zero attached hydrogens (tertiary/aromatic N) is 4. The third kappa shape index (κ3) is 3.88. The van der Waals surface area contributed by atoms with Crippen LogP contribution in [0.15, 0.2) is 70.1 Å². The molecule has 0 unspecified atom stereocenters. The van der Waals surface area contributed by atoms with Crippen LogP contribution in [0, 0.1) is 0 Å². The lowest BCUT2D eigenvalue weighted by molar-refractivity contribution is 0.102. The van der Waals surface area contributed by atoms with Crippen molar-refractivity contribution in [3.63, 3.8) is 0 Å². The lowest BCUT2D eigenvalue weighted by atomic mass is 10.2. The Morgan fingerprint density at radius 3 is 2.78 bits per heavy atom. The fourth-order valence-corrected chi connectivity index (χ4v) is 4.09. The van der Waals surface area contributed by atoms with E-state index in [0.29, 0.717) is 10.8 Å². The molecule has 0 saturated heterocycles. The maximum absolute atomic E-state index is 12.5. The van der Waals surface area contributed by atoms with Gasteiger partial charge in [-0.1, -0.05) is 59.5 Å². The van der Waals surface area contributed by atoms with Crippen LogP contribution in [0.5, 0.6) is 0 Å². The topological polar surface area (TPSA) is 89.2 Å². The zero-order valence-electron chi connectivity index (χ0n) is 13.9. The van der Waals surface area contributed by atoms with Crippen molar-refractivity contribution in [2.45, 2.75) is 10.1 Å². The van der Waals surface area contributed by atoms with E-state index in [2.05, 4.69) is 20.5 Å².